The third kappa shape index (κ3) is 3.08. The molecule has 0 amide bonds. The fourth-order valence-corrected chi connectivity index (χ4v) is 1.86. The first-order chi connectivity index (χ1) is 8.70. The first kappa shape index (κ1) is 13.0. The number of rotatable bonds is 6. The summed E-state index contributed by atoms with van der Waals surface area (Å²) in [4.78, 5) is 8.17. The lowest BCUT2D eigenvalue weighted by atomic mass is 10.1. The maximum absolute atomic E-state index is 8.93. The zero-order valence-electron chi connectivity index (χ0n) is 10.1. The molecule has 0 aliphatic carbocycles. The van der Waals surface area contributed by atoms with Crippen LogP contribution in [0.15, 0.2) is 6.20 Å². The molecule has 0 radical (unpaired) electrons. The van der Waals surface area contributed by atoms with Crippen LogP contribution in [0.4, 0.5) is 5.82 Å². The minimum absolute atomic E-state index is 0.193. The molecule has 0 aliphatic rings. The minimum Gasteiger partial charge on any atom is -0.396 e. The molecule has 2 rings (SSSR count). The third-order valence-corrected chi connectivity index (χ3v) is 2.93. The summed E-state index contributed by atoms with van der Waals surface area (Å²) in [5.74, 6) is 1.02. The number of halogens is 1. The van der Waals surface area contributed by atoms with E-state index in [0.717, 1.165) is 24.8 Å². The van der Waals surface area contributed by atoms with E-state index in [1.165, 1.54) is 0 Å². The molecular formula is C11H16ClN5O. The van der Waals surface area contributed by atoms with Crippen molar-refractivity contribution in [1.82, 2.24) is 20.2 Å². The highest BCUT2D eigenvalue weighted by atomic mass is 35.5. The van der Waals surface area contributed by atoms with Crippen molar-refractivity contribution in [2.45, 2.75) is 19.8 Å². The molecule has 0 bridgehead atoms. The zero-order chi connectivity index (χ0) is 13.0. The summed E-state index contributed by atoms with van der Waals surface area (Å²) >= 11 is 5.82. The summed E-state index contributed by atoms with van der Waals surface area (Å²) < 4.78 is 0. The molecule has 3 N–H and O–H groups in total. The van der Waals surface area contributed by atoms with Gasteiger partial charge in [0.1, 0.15) is 5.82 Å². The quantitative estimate of drug-likeness (QED) is 0.550. The smallest absolute Gasteiger partial charge is 0.226 e. The minimum atomic E-state index is 0.193. The Hall–Kier alpha value is -1.40. The second-order valence-electron chi connectivity index (χ2n) is 4.33. The van der Waals surface area contributed by atoms with Crippen molar-refractivity contribution in [3.63, 3.8) is 0 Å². The van der Waals surface area contributed by atoms with Gasteiger partial charge in [-0.2, -0.15) is 15.1 Å². The van der Waals surface area contributed by atoms with E-state index in [1.807, 2.05) is 6.92 Å². The molecule has 6 nitrogen and oxygen atoms in total. The van der Waals surface area contributed by atoms with Crippen LogP contribution in [0.2, 0.25) is 5.28 Å². The maximum Gasteiger partial charge on any atom is 0.226 e. The summed E-state index contributed by atoms with van der Waals surface area (Å²) in [6.45, 7) is 3.03. The van der Waals surface area contributed by atoms with Crippen molar-refractivity contribution >= 4 is 28.5 Å². The normalized spacial score (nSPS) is 12.8. The Morgan fingerprint density at radius 2 is 2.33 bits per heavy atom. The van der Waals surface area contributed by atoms with Crippen molar-refractivity contribution < 1.29 is 5.11 Å². The number of hydrogen-bond acceptors (Lipinski definition) is 5. The monoisotopic (exact) mass is 269 g/mol. The lowest BCUT2D eigenvalue weighted by Crippen LogP contribution is -2.08. The molecule has 2 aromatic rings. The lowest BCUT2D eigenvalue weighted by molar-refractivity contribution is 0.229. The van der Waals surface area contributed by atoms with Gasteiger partial charge in [-0.25, -0.2) is 0 Å². The Balaban J connectivity index is 1.97. The molecule has 0 fully saturated rings. The van der Waals surface area contributed by atoms with Crippen LogP contribution in [0.5, 0.6) is 0 Å². The molecule has 2 heterocycles. The Bertz CT molecular complexity index is 515. The molecule has 2 aromatic heterocycles. The number of nitrogens with zero attached hydrogens (tertiary/aromatic N) is 3. The molecule has 7 heteroatoms. The standard InChI is InChI=1S/C11H16ClN5O/c1-7(6-18)3-2-4-13-9-8-5-14-17-10(8)16-11(12)15-9/h5,7,18H,2-4,6H2,1H3,(H2,13,14,15,16,17). The predicted molar refractivity (Wildman–Crippen MR) is 70.7 cm³/mol. The highest BCUT2D eigenvalue weighted by molar-refractivity contribution is 6.28. The van der Waals surface area contributed by atoms with E-state index in [0.29, 0.717) is 17.4 Å². The zero-order valence-corrected chi connectivity index (χ0v) is 10.9. The molecule has 1 atom stereocenters. The SMILES string of the molecule is CC(CO)CCCNc1nc(Cl)nc2[nH]ncc12. The van der Waals surface area contributed by atoms with Gasteiger partial charge in [0, 0.05) is 13.2 Å². The molecule has 0 aromatic carbocycles. The second kappa shape index (κ2) is 5.97. The summed E-state index contributed by atoms with van der Waals surface area (Å²) in [5.41, 5.74) is 0.626. The molecule has 0 aliphatic heterocycles. The molecule has 98 valence electrons. The number of H-pyrrole nitrogens is 1. The number of anilines is 1. The van der Waals surface area contributed by atoms with Gasteiger partial charge in [-0.15, -0.1) is 0 Å². The summed E-state index contributed by atoms with van der Waals surface area (Å²) in [6.07, 6.45) is 3.60. The van der Waals surface area contributed by atoms with Crippen LogP contribution in [-0.4, -0.2) is 38.4 Å². The van der Waals surface area contributed by atoms with Gasteiger partial charge in [0.25, 0.3) is 0 Å². The number of aromatic amines is 1. The number of nitrogens with one attached hydrogen (secondary N) is 2. The number of aliphatic hydroxyl groups is 1. The Labute approximate surface area is 110 Å². The number of aromatic nitrogens is 4. The lowest BCUT2D eigenvalue weighted by Gasteiger charge is -2.09. The molecule has 0 spiro atoms. The molecule has 18 heavy (non-hydrogen) atoms. The fourth-order valence-electron chi connectivity index (χ4n) is 1.69. The van der Waals surface area contributed by atoms with Crippen molar-refractivity contribution in [2.75, 3.05) is 18.5 Å². The van der Waals surface area contributed by atoms with Crippen molar-refractivity contribution in [3.8, 4) is 0 Å². The molecule has 1 unspecified atom stereocenters. The number of hydrogen-bond donors (Lipinski definition) is 3. The van der Waals surface area contributed by atoms with E-state index in [1.54, 1.807) is 6.20 Å². The Kier molecular flexibility index (Phi) is 4.33. The Morgan fingerprint density at radius 3 is 3.11 bits per heavy atom. The fraction of sp³-hybridized carbons (Fsp3) is 0.545. The predicted octanol–water partition coefficient (Wildman–Crippen LogP) is 1.83. The molecule has 0 saturated carbocycles. The largest absolute Gasteiger partial charge is 0.396 e. The number of aliphatic hydroxyl groups excluding tert-OH is 1. The topological polar surface area (TPSA) is 86.7 Å². The second-order valence-corrected chi connectivity index (χ2v) is 4.67. The Morgan fingerprint density at radius 1 is 1.50 bits per heavy atom. The van der Waals surface area contributed by atoms with Gasteiger partial charge in [-0.3, -0.25) is 5.10 Å². The molecular weight excluding hydrogens is 254 g/mol. The van der Waals surface area contributed by atoms with Crippen molar-refractivity contribution in [3.05, 3.63) is 11.5 Å². The first-order valence-corrected chi connectivity index (χ1v) is 6.30. The average molecular weight is 270 g/mol. The van der Waals surface area contributed by atoms with E-state index in [4.69, 9.17) is 16.7 Å². The van der Waals surface area contributed by atoms with Gasteiger partial charge in [-0.05, 0) is 30.4 Å². The highest BCUT2D eigenvalue weighted by Gasteiger charge is 2.08. The van der Waals surface area contributed by atoms with E-state index in [9.17, 15) is 0 Å². The van der Waals surface area contributed by atoms with Gasteiger partial charge in [0.05, 0.1) is 11.6 Å². The van der Waals surface area contributed by atoms with E-state index < -0.39 is 0 Å². The third-order valence-electron chi connectivity index (χ3n) is 2.76. The molecule has 0 saturated heterocycles. The van der Waals surface area contributed by atoms with Crippen LogP contribution in [0.25, 0.3) is 11.0 Å². The van der Waals surface area contributed by atoms with E-state index in [2.05, 4.69) is 25.5 Å². The average Bonchev–Trinajstić information content (AvgIpc) is 2.81. The van der Waals surface area contributed by atoms with Gasteiger partial charge >= 0.3 is 0 Å². The summed E-state index contributed by atoms with van der Waals surface area (Å²) in [7, 11) is 0. The van der Waals surface area contributed by atoms with Gasteiger partial charge in [0.15, 0.2) is 5.65 Å². The van der Waals surface area contributed by atoms with E-state index >= 15 is 0 Å². The van der Waals surface area contributed by atoms with Gasteiger partial charge < -0.3 is 10.4 Å². The van der Waals surface area contributed by atoms with E-state index in [-0.39, 0.29) is 11.9 Å². The maximum atomic E-state index is 8.93. The number of fused-ring (bicyclic) bond motifs is 1. The van der Waals surface area contributed by atoms with Crippen LogP contribution in [0.3, 0.4) is 0 Å². The summed E-state index contributed by atoms with van der Waals surface area (Å²) in [5, 5.41) is 19.8. The van der Waals surface area contributed by atoms with Gasteiger partial charge in [0.2, 0.25) is 5.28 Å². The van der Waals surface area contributed by atoms with Crippen LogP contribution >= 0.6 is 11.6 Å². The van der Waals surface area contributed by atoms with Gasteiger partial charge in [-0.1, -0.05) is 6.92 Å². The highest BCUT2D eigenvalue weighted by Crippen LogP contribution is 2.19. The summed E-state index contributed by atoms with van der Waals surface area (Å²) in [6, 6.07) is 0. The van der Waals surface area contributed by atoms with Crippen molar-refractivity contribution in [2.24, 2.45) is 5.92 Å². The first-order valence-electron chi connectivity index (χ1n) is 5.92. The van der Waals surface area contributed by atoms with Crippen LogP contribution in [0.1, 0.15) is 19.8 Å². The van der Waals surface area contributed by atoms with Crippen LogP contribution < -0.4 is 5.32 Å². The van der Waals surface area contributed by atoms with Crippen LogP contribution in [-0.2, 0) is 0 Å². The van der Waals surface area contributed by atoms with Crippen molar-refractivity contribution in [1.29, 1.82) is 0 Å². The van der Waals surface area contributed by atoms with Crippen LogP contribution in [0, 0.1) is 5.92 Å².